The van der Waals surface area contributed by atoms with Crippen LogP contribution in [-0.4, -0.2) is 6.29 Å². The van der Waals surface area contributed by atoms with Gasteiger partial charge in [0.05, 0.1) is 0 Å². The lowest BCUT2D eigenvalue weighted by molar-refractivity contribution is -0.107. The molecule has 0 atom stereocenters. The first-order valence-electron chi connectivity index (χ1n) is 9.52. The number of hydrogen-bond acceptors (Lipinski definition) is 1. The molecule has 0 saturated heterocycles. The largest absolute Gasteiger partial charge is 0.303 e. The molecule has 0 unspecified atom stereocenters. The molecule has 26 heavy (non-hydrogen) atoms. The van der Waals surface area contributed by atoms with Crippen molar-refractivity contribution in [1.29, 1.82) is 0 Å². The van der Waals surface area contributed by atoms with Crippen LogP contribution < -0.4 is 0 Å². The van der Waals surface area contributed by atoms with E-state index in [0.29, 0.717) is 12.0 Å². The normalized spacial score (nSPS) is 10.9. The van der Waals surface area contributed by atoms with E-state index in [1.165, 1.54) is 12.1 Å². The highest BCUT2D eigenvalue weighted by molar-refractivity contribution is 5.72. The van der Waals surface area contributed by atoms with Gasteiger partial charge in [0, 0.05) is 12.5 Å². The standard InChI is InChI=1S/C23H28F2O/c1-17-11-12-19(10-8-6-4-3-5-7-9-13-26)23(18(17)2)20-14-21(24)16-22(25)15-20/h11-16H,3-10H2,1-2H3. The third-order valence-corrected chi connectivity index (χ3v) is 4.99. The van der Waals surface area contributed by atoms with Crippen molar-refractivity contribution < 1.29 is 13.6 Å². The van der Waals surface area contributed by atoms with E-state index < -0.39 is 11.6 Å². The van der Waals surface area contributed by atoms with Crippen LogP contribution in [0.4, 0.5) is 8.78 Å². The molecule has 140 valence electrons. The van der Waals surface area contributed by atoms with Gasteiger partial charge in [-0.25, -0.2) is 8.78 Å². The summed E-state index contributed by atoms with van der Waals surface area (Å²) in [5.41, 5.74) is 4.95. The molecule has 0 saturated carbocycles. The summed E-state index contributed by atoms with van der Waals surface area (Å²) in [7, 11) is 0. The molecule has 2 rings (SSSR count). The third kappa shape index (κ3) is 5.76. The molecule has 0 aromatic heterocycles. The zero-order chi connectivity index (χ0) is 18.9. The molecule has 0 amide bonds. The highest BCUT2D eigenvalue weighted by Crippen LogP contribution is 2.32. The van der Waals surface area contributed by atoms with E-state index in [4.69, 9.17) is 0 Å². The van der Waals surface area contributed by atoms with Crippen LogP contribution in [0.3, 0.4) is 0 Å². The van der Waals surface area contributed by atoms with E-state index in [1.807, 2.05) is 13.8 Å². The number of benzene rings is 2. The van der Waals surface area contributed by atoms with Gasteiger partial charge in [-0.3, -0.25) is 0 Å². The van der Waals surface area contributed by atoms with Crippen LogP contribution in [0.2, 0.25) is 0 Å². The summed E-state index contributed by atoms with van der Waals surface area (Å²) in [6, 6.07) is 7.93. The van der Waals surface area contributed by atoms with E-state index in [0.717, 1.165) is 79.6 Å². The summed E-state index contributed by atoms with van der Waals surface area (Å²) in [5, 5.41) is 0. The summed E-state index contributed by atoms with van der Waals surface area (Å²) in [6.45, 7) is 4.04. The maximum Gasteiger partial charge on any atom is 0.126 e. The Hall–Kier alpha value is -2.03. The Bertz CT molecular complexity index is 717. The van der Waals surface area contributed by atoms with Gasteiger partial charge in [-0.15, -0.1) is 0 Å². The fourth-order valence-corrected chi connectivity index (χ4v) is 3.43. The van der Waals surface area contributed by atoms with Crippen molar-refractivity contribution in [3.05, 3.63) is 58.7 Å². The van der Waals surface area contributed by atoms with Crippen molar-refractivity contribution in [2.45, 2.75) is 65.2 Å². The monoisotopic (exact) mass is 358 g/mol. The van der Waals surface area contributed by atoms with Gasteiger partial charge in [0.2, 0.25) is 0 Å². The molecule has 0 spiro atoms. The van der Waals surface area contributed by atoms with E-state index >= 15 is 0 Å². The second-order valence-electron chi connectivity index (χ2n) is 7.03. The van der Waals surface area contributed by atoms with Crippen LogP contribution in [0.5, 0.6) is 0 Å². The fraction of sp³-hybridized carbons (Fsp3) is 0.435. The Morgan fingerprint density at radius 2 is 1.46 bits per heavy atom. The first kappa shape index (κ1) is 20.3. The van der Waals surface area contributed by atoms with Crippen molar-refractivity contribution in [2.24, 2.45) is 0 Å². The van der Waals surface area contributed by atoms with Gasteiger partial charge in [-0.05, 0) is 73.1 Å². The SMILES string of the molecule is Cc1ccc(CCCCCCCCC=O)c(-c2cc(F)cc(F)c2)c1C. The summed E-state index contributed by atoms with van der Waals surface area (Å²) < 4.78 is 27.4. The quantitative estimate of drug-likeness (QED) is 0.340. The molecular weight excluding hydrogens is 330 g/mol. The van der Waals surface area contributed by atoms with Crippen molar-refractivity contribution in [2.75, 3.05) is 0 Å². The molecule has 0 fully saturated rings. The Morgan fingerprint density at radius 3 is 2.12 bits per heavy atom. The Kier molecular flexibility index (Phi) is 7.96. The molecule has 2 aromatic carbocycles. The zero-order valence-electron chi connectivity index (χ0n) is 15.8. The van der Waals surface area contributed by atoms with Crippen molar-refractivity contribution in [1.82, 2.24) is 0 Å². The molecule has 0 aliphatic carbocycles. The van der Waals surface area contributed by atoms with Crippen molar-refractivity contribution in [3.8, 4) is 11.1 Å². The highest BCUT2D eigenvalue weighted by atomic mass is 19.1. The lowest BCUT2D eigenvalue weighted by Crippen LogP contribution is -1.97. The predicted octanol–water partition coefficient (Wildman–Crippen LogP) is 6.72. The molecule has 0 bridgehead atoms. The van der Waals surface area contributed by atoms with Crippen LogP contribution in [0.15, 0.2) is 30.3 Å². The van der Waals surface area contributed by atoms with Gasteiger partial charge in [0.1, 0.15) is 17.9 Å². The minimum Gasteiger partial charge on any atom is -0.303 e. The van der Waals surface area contributed by atoms with E-state index in [1.54, 1.807) is 0 Å². The lowest BCUT2D eigenvalue weighted by Gasteiger charge is -2.16. The van der Waals surface area contributed by atoms with Crippen LogP contribution in [0, 0.1) is 25.5 Å². The minimum absolute atomic E-state index is 0.540. The highest BCUT2D eigenvalue weighted by Gasteiger charge is 2.12. The van der Waals surface area contributed by atoms with Crippen LogP contribution in [0.1, 0.15) is 61.6 Å². The van der Waals surface area contributed by atoms with Gasteiger partial charge in [0.25, 0.3) is 0 Å². The predicted molar refractivity (Wildman–Crippen MR) is 103 cm³/mol. The van der Waals surface area contributed by atoms with Gasteiger partial charge >= 0.3 is 0 Å². The number of hydrogen-bond donors (Lipinski definition) is 0. The molecule has 0 aliphatic heterocycles. The first-order valence-corrected chi connectivity index (χ1v) is 9.52. The topological polar surface area (TPSA) is 17.1 Å². The summed E-state index contributed by atoms with van der Waals surface area (Å²) in [6.07, 6.45) is 9.14. The number of halogens is 2. The van der Waals surface area contributed by atoms with Crippen molar-refractivity contribution in [3.63, 3.8) is 0 Å². The maximum atomic E-state index is 13.7. The van der Waals surface area contributed by atoms with Crippen LogP contribution >= 0.6 is 0 Å². The van der Waals surface area contributed by atoms with Gasteiger partial charge in [0.15, 0.2) is 0 Å². The van der Waals surface area contributed by atoms with E-state index in [9.17, 15) is 13.6 Å². The number of carbonyl (C=O) groups excluding carboxylic acids is 1. The average molecular weight is 358 g/mol. The van der Waals surface area contributed by atoms with E-state index in [-0.39, 0.29) is 0 Å². The molecule has 0 radical (unpaired) electrons. The second kappa shape index (κ2) is 10.2. The molecule has 3 heteroatoms. The van der Waals surface area contributed by atoms with Crippen LogP contribution in [-0.2, 0) is 11.2 Å². The Labute approximate surface area is 155 Å². The van der Waals surface area contributed by atoms with Gasteiger partial charge in [-0.2, -0.15) is 0 Å². The Balaban J connectivity index is 2.05. The summed E-state index contributed by atoms with van der Waals surface area (Å²) >= 11 is 0. The molecular formula is C23H28F2O. The second-order valence-corrected chi connectivity index (χ2v) is 7.03. The first-order chi connectivity index (χ1) is 12.5. The van der Waals surface area contributed by atoms with Crippen LogP contribution in [0.25, 0.3) is 11.1 Å². The zero-order valence-corrected chi connectivity index (χ0v) is 15.8. The molecule has 2 aromatic rings. The Morgan fingerprint density at radius 1 is 0.846 bits per heavy atom. The maximum absolute atomic E-state index is 13.7. The minimum atomic E-state index is -0.540. The molecule has 0 N–H and O–H groups in total. The van der Waals surface area contributed by atoms with Crippen molar-refractivity contribution >= 4 is 6.29 Å². The molecule has 0 heterocycles. The summed E-state index contributed by atoms with van der Waals surface area (Å²) in [4.78, 5) is 10.3. The lowest BCUT2D eigenvalue weighted by atomic mass is 9.89. The number of carbonyl (C=O) groups is 1. The smallest absolute Gasteiger partial charge is 0.126 e. The number of unbranched alkanes of at least 4 members (excludes halogenated alkanes) is 6. The summed E-state index contributed by atoms with van der Waals surface area (Å²) in [5.74, 6) is -1.08. The molecule has 1 nitrogen and oxygen atoms in total. The van der Waals surface area contributed by atoms with Gasteiger partial charge < -0.3 is 4.79 Å². The molecule has 0 aliphatic rings. The average Bonchev–Trinajstić information content (AvgIpc) is 2.59. The third-order valence-electron chi connectivity index (χ3n) is 4.99. The number of aryl methyl sites for hydroxylation is 2. The number of aldehydes is 1. The number of rotatable bonds is 10. The van der Waals surface area contributed by atoms with E-state index in [2.05, 4.69) is 12.1 Å². The fourth-order valence-electron chi connectivity index (χ4n) is 3.43. The van der Waals surface area contributed by atoms with Gasteiger partial charge in [-0.1, -0.05) is 37.8 Å².